The Morgan fingerprint density at radius 2 is 2.00 bits per heavy atom. The third kappa shape index (κ3) is 1.95. The van der Waals surface area contributed by atoms with Gasteiger partial charge in [0.25, 0.3) is 10.1 Å². The molecule has 0 fully saturated rings. The second-order valence-corrected chi connectivity index (χ2v) is 4.68. The lowest BCUT2D eigenvalue weighted by Gasteiger charge is -2.03. The number of fused-ring (bicyclic) bond motifs is 1. The molecule has 0 spiro atoms. The van der Waals surface area contributed by atoms with E-state index in [1.807, 2.05) is 0 Å². The second-order valence-electron chi connectivity index (χ2n) is 3.29. The number of ketones is 1. The van der Waals surface area contributed by atoms with Crippen LogP contribution in [0.25, 0.3) is 0 Å². The van der Waals surface area contributed by atoms with Crippen LogP contribution in [0, 0.1) is 0 Å². The van der Waals surface area contributed by atoms with Gasteiger partial charge in [-0.25, -0.2) is 4.39 Å². The van der Waals surface area contributed by atoms with Crippen LogP contribution in [0.3, 0.4) is 0 Å². The highest BCUT2D eigenvalue weighted by molar-refractivity contribution is 7.86. The molecule has 0 aromatic heterocycles. The van der Waals surface area contributed by atoms with Gasteiger partial charge in [-0.3, -0.25) is 9.35 Å². The van der Waals surface area contributed by atoms with Crippen LogP contribution in [-0.4, -0.2) is 18.8 Å². The van der Waals surface area contributed by atoms with Crippen LogP contribution in [-0.2, 0) is 10.1 Å². The van der Waals surface area contributed by atoms with Gasteiger partial charge in [0.1, 0.15) is 11.1 Å². The molecule has 0 heterocycles. The van der Waals surface area contributed by atoms with E-state index in [2.05, 4.69) is 0 Å². The first-order chi connectivity index (χ1) is 6.91. The van der Waals surface area contributed by atoms with Gasteiger partial charge in [0.05, 0.1) is 0 Å². The molecule has 1 aliphatic carbocycles. The zero-order valence-electron chi connectivity index (χ0n) is 7.88. The van der Waals surface area contributed by atoms with E-state index in [9.17, 15) is 17.6 Å². The number of Topliss-reactive ketones (excluding diaryl/α,β-unsaturated/α-hetero) is 1. The molecule has 4 nitrogen and oxygen atoms in total. The number of halogens is 2. The Balaban J connectivity index is 0.00000128. The van der Waals surface area contributed by atoms with Gasteiger partial charge in [-0.15, -0.1) is 12.4 Å². The van der Waals surface area contributed by atoms with E-state index in [1.54, 1.807) is 0 Å². The minimum absolute atomic E-state index is 0. The largest absolute Gasteiger partial charge is 0.295 e. The van der Waals surface area contributed by atoms with Crippen LogP contribution >= 0.6 is 12.4 Å². The number of rotatable bonds is 1. The smallest absolute Gasteiger partial charge is 0.294 e. The van der Waals surface area contributed by atoms with Crippen molar-refractivity contribution in [1.82, 2.24) is 0 Å². The van der Waals surface area contributed by atoms with Crippen LogP contribution in [0.5, 0.6) is 0 Å². The standard InChI is InChI=1S/C9H7FO4S.ClH/c10-6-4-7(11)9-5(6)2-1-3-8(9)15(12,13)14;/h1-3,6H,4H2,(H,12,13,14);1H. The molecule has 2 rings (SSSR count). The summed E-state index contributed by atoms with van der Waals surface area (Å²) < 4.78 is 43.9. The Kier molecular flexibility index (Phi) is 3.37. The summed E-state index contributed by atoms with van der Waals surface area (Å²) in [6.45, 7) is 0. The molecule has 16 heavy (non-hydrogen) atoms. The topological polar surface area (TPSA) is 71.4 Å². The molecule has 88 valence electrons. The lowest BCUT2D eigenvalue weighted by Crippen LogP contribution is -2.05. The predicted molar refractivity (Wildman–Crippen MR) is 56.3 cm³/mol. The van der Waals surface area contributed by atoms with Gasteiger partial charge in [0, 0.05) is 12.0 Å². The second kappa shape index (κ2) is 4.12. The molecular weight excluding hydrogens is 259 g/mol. The molecule has 1 aromatic carbocycles. The third-order valence-electron chi connectivity index (χ3n) is 2.32. The lowest BCUT2D eigenvalue weighted by molar-refractivity contribution is 0.0970. The maximum atomic E-state index is 13.2. The Morgan fingerprint density at radius 3 is 2.56 bits per heavy atom. The molecule has 0 aliphatic heterocycles. The number of benzene rings is 1. The lowest BCUT2D eigenvalue weighted by atomic mass is 10.1. The molecule has 1 aliphatic rings. The summed E-state index contributed by atoms with van der Waals surface area (Å²) in [5.41, 5.74) is -0.178. The van der Waals surface area contributed by atoms with Gasteiger partial charge in [0.15, 0.2) is 5.78 Å². The van der Waals surface area contributed by atoms with Gasteiger partial charge < -0.3 is 0 Å². The van der Waals surface area contributed by atoms with Crippen molar-refractivity contribution in [2.24, 2.45) is 0 Å². The summed E-state index contributed by atoms with van der Waals surface area (Å²) >= 11 is 0. The average Bonchev–Trinajstić information content (AvgIpc) is 2.41. The molecular formula is C9H8ClFO4S. The monoisotopic (exact) mass is 266 g/mol. The zero-order chi connectivity index (χ0) is 11.2. The predicted octanol–water partition coefficient (Wildman–Crippen LogP) is 1.95. The summed E-state index contributed by atoms with van der Waals surface area (Å²) in [5.74, 6) is -0.592. The number of carbonyl (C=O) groups is 1. The van der Waals surface area contributed by atoms with Crippen molar-refractivity contribution in [2.45, 2.75) is 17.5 Å². The van der Waals surface area contributed by atoms with Crippen molar-refractivity contribution in [3.63, 3.8) is 0 Å². The van der Waals surface area contributed by atoms with E-state index >= 15 is 0 Å². The fourth-order valence-corrected chi connectivity index (χ4v) is 2.44. The SMILES string of the molecule is Cl.O=C1CC(F)c2cccc(S(=O)(=O)O)c21. The summed E-state index contributed by atoms with van der Waals surface area (Å²) in [6.07, 6.45) is -1.84. The number of hydrogen-bond donors (Lipinski definition) is 1. The summed E-state index contributed by atoms with van der Waals surface area (Å²) in [5, 5.41) is 0. The third-order valence-corrected chi connectivity index (χ3v) is 3.21. The normalized spacial score (nSPS) is 19.1. The van der Waals surface area contributed by atoms with Gasteiger partial charge >= 0.3 is 0 Å². The fourth-order valence-electron chi connectivity index (χ4n) is 1.70. The molecule has 0 saturated heterocycles. The molecule has 1 N–H and O–H groups in total. The maximum Gasteiger partial charge on any atom is 0.295 e. The number of hydrogen-bond acceptors (Lipinski definition) is 3. The highest BCUT2D eigenvalue weighted by Crippen LogP contribution is 2.37. The van der Waals surface area contributed by atoms with Gasteiger partial charge in [-0.2, -0.15) is 8.42 Å². The van der Waals surface area contributed by atoms with Gasteiger partial charge in [0.2, 0.25) is 0 Å². The summed E-state index contributed by atoms with van der Waals surface area (Å²) in [6, 6.07) is 3.73. The van der Waals surface area contributed by atoms with Crippen LogP contribution in [0.2, 0.25) is 0 Å². The molecule has 0 amide bonds. The van der Waals surface area contributed by atoms with E-state index < -0.39 is 27.0 Å². The first-order valence-corrected chi connectivity index (χ1v) is 5.63. The first kappa shape index (κ1) is 13.1. The molecule has 1 unspecified atom stereocenters. The number of carbonyl (C=O) groups excluding carboxylic acids is 1. The van der Waals surface area contributed by atoms with Crippen LogP contribution in [0.15, 0.2) is 23.1 Å². The van der Waals surface area contributed by atoms with Crippen molar-refractivity contribution < 1.29 is 22.2 Å². The molecule has 0 saturated carbocycles. The maximum absolute atomic E-state index is 13.2. The molecule has 7 heteroatoms. The minimum atomic E-state index is -4.47. The Hall–Kier alpha value is -0.980. The fraction of sp³-hybridized carbons (Fsp3) is 0.222. The van der Waals surface area contributed by atoms with E-state index in [1.165, 1.54) is 12.1 Å². The highest BCUT2D eigenvalue weighted by Gasteiger charge is 2.34. The van der Waals surface area contributed by atoms with Crippen LogP contribution < -0.4 is 0 Å². The van der Waals surface area contributed by atoms with Crippen LogP contribution in [0.4, 0.5) is 4.39 Å². The van der Waals surface area contributed by atoms with E-state index in [-0.39, 0.29) is 30.0 Å². The molecule has 0 bridgehead atoms. The van der Waals surface area contributed by atoms with Crippen molar-refractivity contribution >= 4 is 28.3 Å². The van der Waals surface area contributed by atoms with Crippen molar-refractivity contribution in [2.75, 3.05) is 0 Å². The molecule has 1 aromatic rings. The van der Waals surface area contributed by atoms with Crippen molar-refractivity contribution in [3.05, 3.63) is 29.3 Å². The summed E-state index contributed by atoms with van der Waals surface area (Å²) in [4.78, 5) is 10.8. The zero-order valence-corrected chi connectivity index (χ0v) is 9.52. The highest BCUT2D eigenvalue weighted by atomic mass is 35.5. The van der Waals surface area contributed by atoms with E-state index in [4.69, 9.17) is 4.55 Å². The van der Waals surface area contributed by atoms with Crippen molar-refractivity contribution in [1.29, 1.82) is 0 Å². The Morgan fingerprint density at radius 1 is 1.38 bits per heavy atom. The van der Waals surface area contributed by atoms with Gasteiger partial charge in [-0.1, -0.05) is 12.1 Å². The average molecular weight is 267 g/mol. The van der Waals surface area contributed by atoms with E-state index in [0.29, 0.717) is 0 Å². The number of alkyl halides is 1. The van der Waals surface area contributed by atoms with Crippen molar-refractivity contribution in [3.8, 4) is 0 Å². The van der Waals surface area contributed by atoms with Gasteiger partial charge in [-0.05, 0) is 11.6 Å². The minimum Gasteiger partial charge on any atom is -0.294 e. The van der Waals surface area contributed by atoms with E-state index in [0.717, 1.165) is 6.07 Å². The summed E-state index contributed by atoms with van der Waals surface area (Å²) in [7, 11) is -4.47. The molecule has 1 atom stereocenters. The van der Waals surface area contributed by atoms with Crippen LogP contribution in [0.1, 0.15) is 28.5 Å². The Bertz CT molecular complexity index is 540. The molecule has 0 radical (unpaired) electrons. The first-order valence-electron chi connectivity index (χ1n) is 4.19. The quantitative estimate of drug-likeness (QED) is 0.789. The Labute approximate surface area is 97.6 Å².